The minimum atomic E-state index is -3.91. The summed E-state index contributed by atoms with van der Waals surface area (Å²) in [4.78, 5) is 15.3. The van der Waals surface area contributed by atoms with E-state index in [4.69, 9.17) is 4.74 Å². The Hall–Kier alpha value is -3.36. The van der Waals surface area contributed by atoms with Gasteiger partial charge in [-0.1, -0.05) is 42.5 Å². The van der Waals surface area contributed by atoms with E-state index in [1.54, 1.807) is 36.4 Å². The molecule has 0 aliphatic carbocycles. The van der Waals surface area contributed by atoms with Crippen LogP contribution in [0.5, 0.6) is 5.75 Å². The zero-order valence-corrected chi connectivity index (χ0v) is 21.1. The third-order valence-corrected chi connectivity index (χ3v) is 7.79. The molecule has 35 heavy (non-hydrogen) atoms. The molecular weight excluding hydrogens is 462 g/mol. The monoisotopic (exact) mass is 493 g/mol. The van der Waals surface area contributed by atoms with E-state index >= 15 is 0 Å². The summed E-state index contributed by atoms with van der Waals surface area (Å²) < 4.78 is 33.7. The molecule has 0 saturated heterocycles. The number of methoxy groups -OCH3 is 1. The van der Waals surface area contributed by atoms with Crippen LogP contribution in [0.4, 0.5) is 5.69 Å². The first-order valence-corrected chi connectivity index (χ1v) is 13.0. The number of para-hydroxylation sites is 2. The molecule has 0 unspecified atom stereocenters. The van der Waals surface area contributed by atoms with Gasteiger partial charge >= 0.3 is 0 Å². The van der Waals surface area contributed by atoms with Gasteiger partial charge in [-0.2, -0.15) is 0 Å². The van der Waals surface area contributed by atoms with E-state index in [0.717, 1.165) is 19.5 Å². The van der Waals surface area contributed by atoms with Gasteiger partial charge in [0.2, 0.25) is 0 Å². The lowest BCUT2D eigenvalue weighted by Crippen LogP contribution is -2.53. The highest BCUT2D eigenvalue weighted by atomic mass is 32.2. The SMILES string of the molecule is COc1ccccc1NS(=O)(=O)c1cccc(C(=O)NCC(C)(C)N2CCc3ccccc3C2)c1. The van der Waals surface area contributed by atoms with Gasteiger partial charge < -0.3 is 10.1 Å². The number of anilines is 1. The number of hydrogen-bond acceptors (Lipinski definition) is 5. The van der Waals surface area contributed by atoms with Crippen molar-refractivity contribution in [2.24, 2.45) is 0 Å². The molecule has 0 atom stereocenters. The molecule has 2 N–H and O–H groups in total. The standard InChI is InChI=1S/C27H31N3O4S/c1-27(2,30-16-15-20-9-4-5-10-22(20)18-30)19-28-26(31)21-11-8-12-23(17-21)35(32,33)29-24-13-6-7-14-25(24)34-3/h4-14,17,29H,15-16,18-19H2,1-3H3,(H,28,31). The van der Waals surface area contributed by atoms with Crippen LogP contribution in [0, 0.1) is 0 Å². The fourth-order valence-corrected chi connectivity index (χ4v) is 5.38. The molecule has 7 nitrogen and oxygen atoms in total. The predicted molar refractivity (Wildman–Crippen MR) is 137 cm³/mol. The number of benzene rings is 3. The largest absolute Gasteiger partial charge is 0.495 e. The Labute approximate surface area is 207 Å². The molecule has 0 fully saturated rings. The van der Waals surface area contributed by atoms with Crippen molar-refractivity contribution in [2.75, 3.05) is 24.9 Å². The van der Waals surface area contributed by atoms with Crippen LogP contribution in [0.2, 0.25) is 0 Å². The fourth-order valence-electron chi connectivity index (χ4n) is 4.26. The fraction of sp³-hybridized carbons (Fsp3) is 0.296. The summed E-state index contributed by atoms with van der Waals surface area (Å²) >= 11 is 0. The van der Waals surface area contributed by atoms with E-state index < -0.39 is 10.0 Å². The molecule has 1 aliphatic rings. The normalized spacial score (nSPS) is 14.1. The summed E-state index contributed by atoms with van der Waals surface area (Å²) in [6.45, 7) is 6.41. The van der Waals surface area contributed by atoms with Gasteiger partial charge in [0.05, 0.1) is 17.7 Å². The summed E-state index contributed by atoms with van der Waals surface area (Å²) in [6, 6.07) is 21.2. The Morgan fingerprint density at radius 2 is 1.71 bits per heavy atom. The number of sulfonamides is 1. The lowest BCUT2D eigenvalue weighted by molar-refractivity contribution is 0.0826. The zero-order valence-electron chi connectivity index (χ0n) is 20.2. The molecule has 1 heterocycles. The first-order chi connectivity index (χ1) is 16.7. The summed E-state index contributed by atoms with van der Waals surface area (Å²) in [7, 11) is -2.43. The second-order valence-corrected chi connectivity index (χ2v) is 11.0. The Kier molecular flexibility index (Phi) is 7.14. The molecule has 0 saturated carbocycles. The lowest BCUT2D eigenvalue weighted by atomic mass is 9.94. The van der Waals surface area contributed by atoms with E-state index in [1.165, 1.54) is 30.4 Å². The average Bonchev–Trinajstić information content (AvgIpc) is 2.87. The second-order valence-electron chi connectivity index (χ2n) is 9.27. The van der Waals surface area contributed by atoms with Crippen molar-refractivity contribution in [3.63, 3.8) is 0 Å². The highest BCUT2D eigenvalue weighted by Crippen LogP contribution is 2.27. The summed E-state index contributed by atoms with van der Waals surface area (Å²) in [5.41, 5.74) is 3.04. The third-order valence-electron chi connectivity index (χ3n) is 6.43. The number of fused-ring (bicyclic) bond motifs is 1. The number of carbonyl (C=O) groups excluding carboxylic acids is 1. The molecule has 0 aromatic heterocycles. The van der Waals surface area contributed by atoms with E-state index in [0.29, 0.717) is 18.0 Å². The number of nitrogens with one attached hydrogen (secondary N) is 2. The Bertz CT molecular complexity index is 1320. The molecular formula is C27H31N3O4S. The van der Waals surface area contributed by atoms with Crippen LogP contribution in [0.15, 0.2) is 77.7 Å². The van der Waals surface area contributed by atoms with Gasteiger partial charge in [0.25, 0.3) is 15.9 Å². The highest BCUT2D eigenvalue weighted by molar-refractivity contribution is 7.92. The summed E-state index contributed by atoms with van der Waals surface area (Å²) in [5, 5.41) is 2.99. The quantitative estimate of drug-likeness (QED) is 0.494. The summed E-state index contributed by atoms with van der Waals surface area (Å²) in [6.07, 6.45) is 0.979. The topological polar surface area (TPSA) is 87.7 Å². The predicted octanol–water partition coefficient (Wildman–Crippen LogP) is 4.06. The Balaban J connectivity index is 1.43. The Morgan fingerprint density at radius 3 is 2.49 bits per heavy atom. The highest BCUT2D eigenvalue weighted by Gasteiger charge is 2.30. The molecule has 184 valence electrons. The molecule has 0 radical (unpaired) electrons. The molecule has 1 amide bonds. The van der Waals surface area contributed by atoms with Gasteiger partial charge in [0, 0.05) is 30.7 Å². The number of carbonyl (C=O) groups is 1. The average molecular weight is 494 g/mol. The van der Waals surface area contributed by atoms with Crippen molar-refractivity contribution in [3.05, 3.63) is 89.5 Å². The smallest absolute Gasteiger partial charge is 0.262 e. The van der Waals surface area contributed by atoms with Crippen molar-refractivity contribution in [1.29, 1.82) is 0 Å². The number of rotatable bonds is 8. The second kappa shape index (κ2) is 10.1. The van der Waals surface area contributed by atoms with E-state index in [9.17, 15) is 13.2 Å². The zero-order chi connectivity index (χ0) is 25.1. The van der Waals surface area contributed by atoms with Gasteiger partial charge in [-0.05, 0) is 61.7 Å². The molecule has 3 aromatic rings. The van der Waals surface area contributed by atoms with Crippen LogP contribution in [0.1, 0.15) is 35.3 Å². The van der Waals surface area contributed by atoms with Gasteiger partial charge in [-0.15, -0.1) is 0 Å². The molecule has 0 bridgehead atoms. The maximum absolute atomic E-state index is 13.0. The minimum Gasteiger partial charge on any atom is -0.495 e. The van der Waals surface area contributed by atoms with E-state index in [1.807, 2.05) is 0 Å². The molecule has 3 aromatic carbocycles. The first-order valence-electron chi connectivity index (χ1n) is 11.6. The summed E-state index contributed by atoms with van der Waals surface area (Å²) in [5.74, 6) is 0.0948. The molecule has 8 heteroatoms. The third kappa shape index (κ3) is 5.66. The van der Waals surface area contributed by atoms with Crippen LogP contribution < -0.4 is 14.8 Å². The van der Waals surface area contributed by atoms with Crippen LogP contribution >= 0.6 is 0 Å². The Morgan fingerprint density at radius 1 is 1.00 bits per heavy atom. The first kappa shape index (κ1) is 24.8. The van der Waals surface area contributed by atoms with Gasteiger partial charge in [-0.25, -0.2) is 8.42 Å². The van der Waals surface area contributed by atoms with Crippen molar-refractivity contribution in [3.8, 4) is 5.75 Å². The lowest BCUT2D eigenvalue weighted by Gasteiger charge is -2.41. The van der Waals surface area contributed by atoms with Crippen molar-refractivity contribution < 1.29 is 17.9 Å². The van der Waals surface area contributed by atoms with Gasteiger partial charge in [-0.3, -0.25) is 14.4 Å². The van der Waals surface area contributed by atoms with Crippen LogP contribution in [-0.2, 0) is 23.0 Å². The maximum Gasteiger partial charge on any atom is 0.262 e. The molecule has 4 rings (SSSR count). The number of ether oxygens (including phenoxy) is 1. The van der Waals surface area contributed by atoms with Crippen molar-refractivity contribution in [1.82, 2.24) is 10.2 Å². The van der Waals surface area contributed by atoms with Crippen molar-refractivity contribution in [2.45, 2.75) is 37.2 Å². The van der Waals surface area contributed by atoms with E-state index in [2.05, 4.69) is 53.1 Å². The van der Waals surface area contributed by atoms with Crippen LogP contribution in [0.25, 0.3) is 0 Å². The molecule has 1 aliphatic heterocycles. The molecule has 0 spiro atoms. The van der Waals surface area contributed by atoms with Crippen LogP contribution in [0.3, 0.4) is 0 Å². The van der Waals surface area contributed by atoms with E-state index in [-0.39, 0.29) is 21.9 Å². The number of amides is 1. The van der Waals surface area contributed by atoms with Gasteiger partial charge in [0.15, 0.2) is 0 Å². The minimum absolute atomic E-state index is 0.00274. The number of nitrogens with zero attached hydrogens (tertiary/aromatic N) is 1. The van der Waals surface area contributed by atoms with Crippen LogP contribution in [-0.4, -0.2) is 45.0 Å². The maximum atomic E-state index is 13.0. The van der Waals surface area contributed by atoms with Gasteiger partial charge in [0.1, 0.15) is 5.75 Å². The van der Waals surface area contributed by atoms with Crippen molar-refractivity contribution >= 4 is 21.6 Å². The number of hydrogen-bond donors (Lipinski definition) is 2.